The molecule has 22 heavy (non-hydrogen) atoms. The van der Waals surface area contributed by atoms with Crippen LogP contribution in [0, 0.1) is 0 Å². The van der Waals surface area contributed by atoms with E-state index in [0.29, 0.717) is 18.8 Å². The predicted octanol–water partition coefficient (Wildman–Crippen LogP) is 1.63. The molecule has 2 heterocycles. The van der Waals surface area contributed by atoms with Crippen LogP contribution in [-0.4, -0.2) is 35.1 Å². The Morgan fingerprint density at radius 2 is 2.14 bits per heavy atom. The van der Waals surface area contributed by atoms with Crippen LogP contribution in [0.4, 0.5) is 0 Å². The van der Waals surface area contributed by atoms with Crippen LogP contribution in [0.3, 0.4) is 0 Å². The third-order valence-corrected chi connectivity index (χ3v) is 3.25. The monoisotopic (exact) mass is 303 g/mol. The van der Waals surface area contributed by atoms with Crippen molar-refractivity contribution < 1.29 is 9.53 Å². The normalized spacial score (nSPS) is 10.8. The molecule has 0 aliphatic rings. The number of carbonyl (C=O) groups is 1. The van der Waals surface area contributed by atoms with Crippen molar-refractivity contribution >= 4 is 11.6 Å². The van der Waals surface area contributed by atoms with Crippen LogP contribution in [0.1, 0.15) is 36.5 Å². The van der Waals surface area contributed by atoms with Crippen molar-refractivity contribution in [3.63, 3.8) is 0 Å². The summed E-state index contributed by atoms with van der Waals surface area (Å²) in [6, 6.07) is 5.24. The van der Waals surface area contributed by atoms with Crippen LogP contribution >= 0.6 is 0 Å². The van der Waals surface area contributed by atoms with Crippen LogP contribution in [-0.2, 0) is 4.74 Å². The third kappa shape index (κ3) is 4.14. The summed E-state index contributed by atoms with van der Waals surface area (Å²) >= 11 is 0. The van der Waals surface area contributed by atoms with Gasteiger partial charge in [-0.2, -0.15) is 0 Å². The molecule has 0 aromatic carbocycles. The predicted molar refractivity (Wildman–Crippen MR) is 84.1 cm³/mol. The number of nitrogens with one attached hydrogen (secondary N) is 1. The van der Waals surface area contributed by atoms with Gasteiger partial charge in [0.2, 0.25) is 0 Å². The standard InChI is InChI=1S/C16H21N3O3/c1-2-3-10-22-11-6-8-17-15(20)13-12-18-14-7-4-5-9-19(14)16(13)21/h4-5,7,9,12H,2-3,6,8,10-11H2,1H3,(H,17,20). The first-order valence-electron chi connectivity index (χ1n) is 7.56. The van der Waals surface area contributed by atoms with E-state index in [1.807, 2.05) is 0 Å². The Labute approximate surface area is 129 Å². The molecule has 1 amide bonds. The van der Waals surface area contributed by atoms with Crippen molar-refractivity contribution in [3.8, 4) is 0 Å². The molecule has 0 aliphatic carbocycles. The van der Waals surface area contributed by atoms with E-state index in [9.17, 15) is 9.59 Å². The fraction of sp³-hybridized carbons (Fsp3) is 0.438. The van der Waals surface area contributed by atoms with E-state index in [4.69, 9.17) is 4.74 Å². The molecule has 2 aromatic rings. The first-order valence-corrected chi connectivity index (χ1v) is 7.56. The Morgan fingerprint density at radius 3 is 2.95 bits per heavy atom. The van der Waals surface area contributed by atoms with Crippen LogP contribution < -0.4 is 10.9 Å². The minimum absolute atomic E-state index is 0.0515. The number of unbranched alkanes of at least 4 members (excludes halogenated alkanes) is 1. The van der Waals surface area contributed by atoms with Gasteiger partial charge in [0.05, 0.1) is 0 Å². The molecule has 2 rings (SSSR count). The summed E-state index contributed by atoms with van der Waals surface area (Å²) in [4.78, 5) is 28.4. The quantitative estimate of drug-likeness (QED) is 0.752. The molecule has 0 atom stereocenters. The van der Waals surface area contributed by atoms with E-state index < -0.39 is 5.91 Å². The number of aromatic nitrogens is 2. The smallest absolute Gasteiger partial charge is 0.270 e. The Balaban J connectivity index is 1.88. The molecule has 2 aromatic heterocycles. The fourth-order valence-corrected chi connectivity index (χ4v) is 2.00. The van der Waals surface area contributed by atoms with E-state index in [-0.39, 0.29) is 11.1 Å². The summed E-state index contributed by atoms with van der Waals surface area (Å²) in [5, 5.41) is 2.72. The summed E-state index contributed by atoms with van der Waals surface area (Å²) in [6.07, 6.45) is 5.80. The van der Waals surface area contributed by atoms with Crippen molar-refractivity contribution in [3.05, 3.63) is 46.5 Å². The summed E-state index contributed by atoms with van der Waals surface area (Å²) in [5.74, 6) is -0.399. The van der Waals surface area contributed by atoms with Gasteiger partial charge in [-0.1, -0.05) is 19.4 Å². The van der Waals surface area contributed by atoms with Crippen molar-refractivity contribution in [2.24, 2.45) is 0 Å². The average Bonchev–Trinajstić information content (AvgIpc) is 2.54. The lowest BCUT2D eigenvalue weighted by atomic mass is 10.3. The van der Waals surface area contributed by atoms with Gasteiger partial charge in [0.15, 0.2) is 0 Å². The second-order valence-electron chi connectivity index (χ2n) is 4.98. The number of ether oxygens (including phenoxy) is 1. The van der Waals surface area contributed by atoms with Gasteiger partial charge in [0, 0.05) is 32.2 Å². The molecule has 0 aliphatic heterocycles. The van der Waals surface area contributed by atoms with Crippen molar-refractivity contribution in [2.45, 2.75) is 26.2 Å². The summed E-state index contributed by atoms with van der Waals surface area (Å²) < 4.78 is 6.78. The van der Waals surface area contributed by atoms with Crippen molar-refractivity contribution in [2.75, 3.05) is 19.8 Å². The highest BCUT2D eigenvalue weighted by Crippen LogP contribution is 1.97. The topological polar surface area (TPSA) is 72.7 Å². The molecule has 0 saturated carbocycles. The van der Waals surface area contributed by atoms with E-state index in [1.54, 1.807) is 24.4 Å². The van der Waals surface area contributed by atoms with Crippen LogP contribution in [0.5, 0.6) is 0 Å². The SMILES string of the molecule is CCCCOCCCNC(=O)c1cnc2ccccn2c1=O. The number of nitrogens with zero attached hydrogens (tertiary/aromatic N) is 2. The number of rotatable bonds is 8. The van der Waals surface area contributed by atoms with Gasteiger partial charge in [0.25, 0.3) is 11.5 Å². The highest BCUT2D eigenvalue weighted by molar-refractivity contribution is 5.93. The molecular weight excluding hydrogens is 282 g/mol. The molecule has 0 radical (unpaired) electrons. The second-order valence-corrected chi connectivity index (χ2v) is 4.98. The third-order valence-electron chi connectivity index (χ3n) is 3.25. The number of hydrogen-bond donors (Lipinski definition) is 1. The molecule has 1 N–H and O–H groups in total. The maximum Gasteiger partial charge on any atom is 0.270 e. The lowest BCUT2D eigenvalue weighted by Crippen LogP contribution is -2.32. The van der Waals surface area contributed by atoms with Gasteiger partial charge >= 0.3 is 0 Å². The number of pyridine rings is 1. The largest absolute Gasteiger partial charge is 0.381 e. The number of carbonyl (C=O) groups excluding carboxylic acids is 1. The van der Waals surface area contributed by atoms with E-state index in [0.717, 1.165) is 25.9 Å². The summed E-state index contributed by atoms with van der Waals surface area (Å²) in [7, 11) is 0. The molecule has 0 unspecified atom stereocenters. The van der Waals surface area contributed by atoms with E-state index >= 15 is 0 Å². The summed E-state index contributed by atoms with van der Waals surface area (Å²) in [5.41, 5.74) is 0.214. The Kier molecular flexibility index (Phi) is 6.09. The molecular formula is C16H21N3O3. The Hall–Kier alpha value is -2.21. The average molecular weight is 303 g/mol. The second kappa shape index (κ2) is 8.29. The van der Waals surface area contributed by atoms with Crippen molar-refractivity contribution in [1.82, 2.24) is 14.7 Å². The van der Waals surface area contributed by atoms with Gasteiger partial charge < -0.3 is 10.1 Å². The van der Waals surface area contributed by atoms with Gasteiger partial charge in [-0.3, -0.25) is 14.0 Å². The zero-order valence-electron chi connectivity index (χ0n) is 12.7. The number of hydrogen-bond acceptors (Lipinski definition) is 4. The molecule has 6 nitrogen and oxygen atoms in total. The van der Waals surface area contributed by atoms with Crippen LogP contribution in [0.2, 0.25) is 0 Å². The van der Waals surface area contributed by atoms with Gasteiger partial charge in [-0.15, -0.1) is 0 Å². The molecule has 0 bridgehead atoms. The molecule has 0 fully saturated rings. The fourth-order valence-electron chi connectivity index (χ4n) is 2.00. The molecule has 118 valence electrons. The van der Waals surface area contributed by atoms with Crippen LogP contribution in [0.15, 0.2) is 35.4 Å². The number of fused-ring (bicyclic) bond motifs is 1. The minimum Gasteiger partial charge on any atom is -0.381 e. The summed E-state index contributed by atoms with van der Waals surface area (Å²) in [6.45, 7) is 3.94. The maximum absolute atomic E-state index is 12.2. The maximum atomic E-state index is 12.2. The first-order chi connectivity index (χ1) is 10.7. The zero-order valence-corrected chi connectivity index (χ0v) is 12.7. The lowest BCUT2D eigenvalue weighted by molar-refractivity contribution is 0.0938. The highest BCUT2D eigenvalue weighted by atomic mass is 16.5. The lowest BCUT2D eigenvalue weighted by Gasteiger charge is -2.06. The minimum atomic E-state index is -0.399. The van der Waals surface area contributed by atoms with Crippen molar-refractivity contribution in [1.29, 1.82) is 0 Å². The Bertz CT molecular complexity index is 682. The van der Waals surface area contributed by atoms with E-state index in [1.165, 1.54) is 10.6 Å². The first kappa shape index (κ1) is 16.2. The van der Waals surface area contributed by atoms with Gasteiger partial charge in [0.1, 0.15) is 11.2 Å². The zero-order chi connectivity index (χ0) is 15.8. The highest BCUT2D eigenvalue weighted by Gasteiger charge is 2.12. The Morgan fingerprint density at radius 1 is 1.32 bits per heavy atom. The van der Waals surface area contributed by atoms with Crippen LogP contribution in [0.25, 0.3) is 5.65 Å². The molecule has 0 saturated heterocycles. The van der Waals surface area contributed by atoms with Gasteiger partial charge in [-0.05, 0) is 25.0 Å². The molecule has 6 heteroatoms. The van der Waals surface area contributed by atoms with Gasteiger partial charge in [-0.25, -0.2) is 4.98 Å². The molecule has 0 spiro atoms. The number of amides is 1. The van der Waals surface area contributed by atoms with E-state index in [2.05, 4.69) is 17.2 Å².